The number of ether oxygens (including phenoxy) is 1. The van der Waals surface area contributed by atoms with Crippen molar-refractivity contribution < 1.29 is 24.0 Å². The second kappa shape index (κ2) is 10.7. The molecule has 1 saturated heterocycles. The fourth-order valence-electron chi connectivity index (χ4n) is 2.49. The molecule has 8 heteroatoms. The highest BCUT2D eigenvalue weighted by atomic mass is 32.2. The molecule has 1 fully saturated rings. The standard InChI is InChI=1S/C17H24N2O5S/c1-5-7-23-17(22)19-11-15(25-14(4)21)9-16(19)13(3)10-18(12-20)24-8-6-2/h5-6,12,15-16H,1-3,7-11H2,4H3/t15-,16-/m0/s1. The Labute approximate surface area is 152 Å². The molecule has 1 aliphatic rings. The number of hydrogen-bond donors (Lipinski definition) is 0. The van der Waals surface area contributed by atoms with E-state index in [1.807, 2.05) is 0 Å². The molecule has 1 heterocycles. The summed E-state index contributed by atoms with van der Waals surface area (Å²) >= 11 is 1.19. The lowest BCUT2D eigenvalue weighted by Crippen LogP contribution is -2.40. The van der Waals surface area contributed by atoms with E-state index in [9.17, 15) is 14.4 Å². The predicted octanol–water partition coefficient (Wildman–Crippen LogP) is 2.16. The van der Waals surface area contributed by atoms with Crippen LogP contribution in [0.15, 0.2) is 37.5 Å². The van der Waals surface area contributed by atoms with Gasteiger partial charge in [-0.05, 0) is 12.0 Å². The number of carbonyl (C=O) groups excluding carboxylic acids is 3. The van der Waals surface area contributed by atoms with Crippen molar-refractivity contribution in [3.8, 4) is 0 Å². The van der Waals surface area contributed by atoms with Gasteiger partial charge in [0, 0.05) is 18.7 Å². The van der Waals surface area contributed by atoms with Crippen LogP contribution >= 0.6 is 11.8 Å². The first kappa shape index (κ1) is 21.0. The smallest absolute Gasteiger partial charge is 0.410 e. The molecule has 0 aromatic carbocycles. The van der Waals surface area contributed by atoms with Crippen LogP contribution < -0.4 is 0 Å². The Hall–Kier alpha value is -2.06. The topological polar surface area (TPSA) is 76.2 Å². The van der Waals surface area contributed by atoms with Crippen molar-refractivity contribution in [1.82, 2.24) is 9.96 Å². The van der Waals surface area contributed by atoms with E-state index in [-0.39, 0.29) is 36.2 Å². The van der Waals surface area contributed by atoms with Crippen molar-refractivity contribution in [2.45, 2.75) is 24.6 Å². The van der Waals surface area contributed by atoms with Gasteiger partial charge in [-0.15, -0.1) is 6.58 Å². The maximum atomic E-state index is 12.3. The molecule has 0 spiro atoms. The third-order valence-corrected chi connectivity index (χ3v) is 4.47. The number of rotatable bonds is 10. The Morgan fingerprint density at radius 1 is 1.32 bits per heavy atom. The van der Waals surface area contributed by atoms with Crippen LogP contribution in [0.3, 0.4) is 0 Å². The second-order valence-corrected chi connectivity index (χ2v) is 6.90. The van der Waals surface area contributed by atoms with E-state index in [1.165, 1.54) is 35.7 Å². The van der Waals surface area contributed by atoms with Gasteiger partial charge in [0.05, 0.1) is 19.2 Å². The molecule has 0 bridgehead atoms. The molecule has 0 radical (unpaired) electrons. The fraction of sp³-hybridized carbons (Fsp3) is 0.471. The maximum absolute atomic E-state index is 12.3. The Morgan fingerprint density at radius 2 is 2.00 bits per heavy atom. The minimum Gasteiger partial charge on any atom is -0.445 e. The van der Waals surface area contributed by atoms with Crippen LogP contribution in [0, 0.1) is 0 Å². The predicted molar refractivity (Wildman–Crippen MR) is 96.8 cm³/mol. The van der Waals surface area contributed by atoms with E-state index in [0.29, 0.717) is 24.9 Å². The molecular weight excluding hydrogens is 344 g/mol. The summed E-state index contributed by atoms with van der Waals surface area (Å²) in [6.45, 7) is 13.3. The molecule has 0 saturated carbocycles. The van der Waals surface area contributed by atoms with Gasteiger partial charge in [-0.25, -0.2) is 9.86 Å². The molecule has 7 nitrogen and oxygen atoms in total. The number of carbonyl (C=O) groups is 3. The zero-order valence-electron chi connectivity index (χ0n) is 14.4. The Bertz CT molecular complexity index is 537. The molecule has 0 aliphatic carbocycles. The summed E-state index contributed by atoms with van der Waals surface area (Å²) in [5, 5.41) is 1.04. The van der Waals surface area contributed by atoms with Crippen molar-refractivity contribution >= 4 is 29.4 Å². The molecule has 0 unspecified atom stereocenters. The first-order valence-electron chi connectivity index (χ1n) is 7.77. The monoisotopic (exact) mass is 368 g/mol. The average molecular weight is 368 g/mol. The highest BCUT2D eigenvalue weighted by molar-refractivity contribution is 8.14. The van der Waals surface area contributed by atoms with E-state index < -0.39 is 6.09 Å². The molecule has 0 aromatic rings. The minimum absolute atomic E-state index is 0.0143. The molecular formula is C17H24N2O5S. The van der Waals surface area contributed by atoms with Gasteiger partial charge in [0.2, 0.25) is 6.41 Å². The summed E-state index contributed by atoms with van der Waals surface area (Å²) in [7, 11) is 0. The quantitative estimate of drug-likeness (QED) is 0.334. The summed E-state index contributed by atoms with van der Waals surface area (Å²) in [6.07, 6.45) is 3.61. The first-order valence-corrected chi connectivity index (χ1v) is 8.65. The number of thioether (sulfide) groups is 1. The zero-order valence-corrected chi connectivity index (χ0v) is 15.2. The lowest BCUT2D eigenvalue weighted by Gasteiger charge is -2.27. The molecule has 1 aliphatic heterocycles. The fourth-order valence-corrected chi connectivity index (χ4v) is 3.47. The molecule has 0 N–H and O–H groups in total. The van der Waals surface area contributed by atoms with Crippen molar-refractivity contribution in [2.24, 2.45) is 0 Å². The number of amides is 2. The molecule has 25 heavy (non-hydrogen) atoms. The van der Waals surface area contributed by atoms with Crippen molar-refractivity contribution in [3.05, 3.63) is 37.5 Å². The Balaban J connectivity index is 2.81. The molecule has 138 valence electrons. The van der Waals surface area contributed by atoms with E-state index in [1.54, 1.807) is 0 Å². The van der Waals surface area contributed by atoms with E-state index in [0.717, 1.165) is 5.06 Å². The summed E-state index contributed by atoms with van der Waals surface area (Å²) in [5.74, 6) is 0. The van der Waals surface area contributed by atoms with Crippen LogP contribution in [0.5, 0.6) is 0 Å². The number of hydrogen-bond acceptors (Lipinski definition) is 6. The third kappa shape index (κ3) is 6.75. The van der Waals surface area contributed by atoms with Gasteiger partial charge in [-0.3, -0.25) is 14.4 Å². The van der Waals surface area contributed by atoms with Crippen LogP contribution in [0.25, 0.3) is 0 Å². The van der Waals surface area contributed by atoms with Crippen LogP contribution in [0.2, 0.25) is 0 Å². The van der Waals surface area contributed by atoms with Gasteiger partial charge in [0.1, 0.15) is 6.61 Å². The summed E-state index contributed by atoms with van der Waals surface area (Å²) in [5.41, 5.74) is 0.623. The minimum atomic E-state index is -0.498. The molecule has 2 atom stereocenters. The van der Waals surface area contributed by atoms with E-state index >= 15 is 0 Å². The van der Waals surface area contributed by atoms with Gasteiger partial charge in [-0.1, -0.05) is 37.1 Å². The van der Waals surface area contributed by atoms with Crippen LogP contribution in [0.1, 0.15) is 13.3 Å². The van der Waals surface area contributed by atoms with Gasteiger partial charge >= 0.3 is 6.09 Å². The molecule has 0 aromatic heterocycles. The Morgan fingerprint density at radius 3 is 2.56 bits per heavy atom. The average Bonchev–Trinajstić information content (AvgIpc) is 2.99. The maximum Gasteiger partial charge on any atom is 0.410 e. The van der Waals surface area contributed by atoms with Crippen molar-refractivity contribution in [3.63, 3.8) is 0 Å². The lowest BCUT2D eigenvalue weighted by atomic mass is 10.1. The second-order valence-electron chi connectivity index (χ2n) is 5.42. The summed E-state index contributed by atoms with van der Waals surface area (Å²) in [6, 6.07) is -0.344. The van der Waals surface area contributed by atoms with Crippen LogP contribution in [-0.4, -0.2) is 65.2 Å². The van der Waals surface area contributed by atoms with Crippen LogP contribution in [-0.2, 0) is 19.2 Å². The lowest BCUT2D eigenvalue weighted by molar-refractivity contribution is -0.165. The van der Waals surface area contributed by atoms with Gasteiger partial charge in [0.15, 0.2) is 5.12 Å². The summed E-state index contributed by atoms with van der Waals surface area (Å²) < 4.78 is 5.11. The zero-order chi connectivity index (χ0) is 18.8. The molecule has 1 rings (SSSR count). The highest BCUT2D eigenvalue weighted by Gasteiger charge is 2.38. The van der Waals surface area contributed by atoms with Crippen LogP contribution in [0.4, 0.5) is 4.79 Å². The van der Waals surface area contributed by atoms with E-state index in [2.05, 4.69) is 19.7 Å². The Kier molecular flexibility index (Phi) is 9.01. The van der Waals surface area contributed by atoms with Gasteiger partial charge in [0.25, 0.3) is 0 Å². The molecule has 2 amide bonds. The van der Waals surface area contributed by atoms with Gasteiger partial charge in [-0.2, -0.15) is 0 Å². The van der Waals surface area contributed by atoms with Gasteiger partial charge < -0.3 is 9.64 Å². The van der Waals surface area contributed by atoms with Crippen molar-refractivity contribution in [1.29, 1.82) is 0 Å². The van der Waals surface area contributed by atoms with Crippen molar-refractivity contribution in [2.75, 3.05) is 26.3 Å². The third-order valence-electron chi connectivity index (χ3n) is 3.46. The number of hydroxylamine groups is 2. The normalized spacial score (nSPS) is 19.2. The SMILES string of the molecule is C=CCOC(=O)N1C[C@@H](SC(C)=O)C[C@H]1C(=C)CN(C=O)OCC=C. The highest BCUT2D eigenvalue weighted by Crippen LogP contribution is 2.32. The largest absolute Gasteiger partial charge is 0.445 e. The van der Waals surface area contributed by atoms with E-state index in [4.69, 9.17) is 9.57 Å². The summed E-state index contributed by atoms with van der Waals surface area (Å²) in [4.78, 5) is 41.5. The number of nitrogens with zero attached hydrogens (tertiary/aromatic N) is 2. The number of likely N-dealkylation sites (tertiary alicyclic amines) is 1. The first-order chi connectivity index (χ1) is 11.9.